The molecule has 1 atom stereocenters. The predicted molar refractivity (Wildman–Crippen MR) is 103 cm³/mol. The zero-order valence-electron chi connectivity index (χ0n) is 14.8. The molecule has 0 aliphatic heterocycles. The summed E-state index contributed by atoms with van der Waals surface area (Å²) in [5.74, 6) is -0.340. The Morgan fingerprint density at radius 1 is 1.36 bits per heavy atom. The lowest BCUT2D eigenvalue weighted by Gasteiger charge is -2.22. The Hall–Kier alpha value is -1.79. The second-order valence-corrected chi connectivity index (χ2v) is 7.98. The molecule has 0 spiro atoms. The van der Waals surface area contributed by atoms with Crippen LogP contribution in [-0.2, 0) is 4.79 Å². The molecule has 1 aromatic heterocycles. The molecule has 7 heteroatoms. The number of carboxylic acid groups (broad SMARTS) is 1. The molecule has 0 aliphatic rings. The Kier molecular flexibility index (Phi) is 6.30. The molecular weight excluding hydrogens is 358 g/mol. The lowest BCUT2D eigenvalue weighted by atomic mass is 10.1. The van der Waals surface area contributed by atoms with Crippen molar-refractivity contribution in [3.8, 4) is 0 Å². The van der Waals surface area contributed by atoms with Crippen LogP contribution < -0.4 is 5.32 Å². The molecule has 5 nitrogen and oxygen atoms in total. The maximum absolute atomic E-state index is 11.6. The van der Waals surface area contributed by atoms with Gasteiger partial charge in [0.05, 0.1) is 0 Å². The molecule has 134 valence electrons. The molecule has 1 heterocycles. The van der Waals surface area contributed by atoms with Gasteiger partial charge in [-0.2, -0.15) is 0 Å². The summed E-state index contributed by atoms with van der Waals surface area (Å²) in [5.41, 5.74) is 3.22. The fraction of sp³-hybridized carbons (Fsp3) is 0.389. The van der Waals surface area contributed by atoms with E-state index in [0.717, 1.165) is 29.4 Å². The van der Waals surface area contributed by atoms with Crippen molar-refractivity contribution in [2.75, 3.05) is 5.32 Å². The number of hydrogen-bond donors (Lipinski definition) is 2. The first-order valence-electron chi connectivity index (χ1n) is 8.05. The monoisotopic (exact) mass is 379 g/mol. The van der Waals surface area contributed by atoms with Gasteiger partial charge < -0.3 is 10.4 Å². The molecule has 2 N–H and O–H groups in total. The van der Waals surface area contributed by atoms with E-state index in [4.69, 9.17) is 11.6 Å². The number of aliphatic carboxylic acids is 1. The van der Waals surface area contributed by atoms with Crippen LogP contribution in [0.5, 0.6) is 0 Å². The number of halogens is 1. The SMILES string of the molecule is CCCC(C)(Sc1nc(Cl)cc(Nc2cccc(C)c2C)n1)C(=O)O. The van der Waals surface area contributed by atoms with Crippen LogP contribution in [0.25, 0.3) is 0 Å². The first-order valence-corrected chi connectivity index (χ1v) is 9.25. The maximum Gasteiger partial charge on any atom is 0.319 e. The third-order valence-electron chi connectivity index (χ3n) is 4.04. The summed E-state index contributed by atoms with van der Waals surface area (Å²) in [6.45, 7) is 7.70. The van der Waals surface area contributed by atoms with Crippen LogP contribution in [0.4, 0.5) is 11.5 Å². The number of carbonyl (C=O) groups is 1. The van der Waals surface area contributed by atoms with E-state index in [1.807, 2.05) is 39.0 Å². The minimum atomic E-state index is -0.990. The highest BCUT2D eigenvalue weighted by Crippen LogP contribution is 2.36. The third kappa shape index (κ3) is 4.86. The molecular formula is C18H22ClN3O2S. The number of rotatable bonds is 7. The summed E-state index contributed by atoms with van der Waals surface area (Å²) in [7, 11) is 0. The van der Waals surface area contributed by atoms with E-state index in [1.165, 1.54) is 5.56 Å². The molecule has 2 rings (SSSR count). The molecule has 0 aliphatic carbocycles. The summed E-state index contributed by atoms with van der Waals surface area (Å²) in [6.07, 6.45) is 1.27. The van der Waals surface area contributed by atoms with E-state index in [-0.39, 0.29) is 5.15 Å². The number of aromatic nitrogens is 2. The standard InChI is InChI=1S/C18H22ClN3O2S/c1-5-9-18(4,16(23)24)25-17-21-14(19)10-15(22-17)20-13-8-6-7-11(2)12(13)3/h6-8,10H,5,9H2,1-4H3,(H,23,24)(H,20,21,22). The van der Waals surface area contributed by atoms with Gasteiger partial charge in [-0.05, 0) is 44.4 Å². The Bertz CT molecular complexity index is 785. The second kappa shape index (κ2) is 8.06. The van der Waals surface area contributed by atoms with Gasteiger partial charge in [-0.1, -0.05) is 48.8 Å². The molecule has 0 amide bonds. The van der Waals surface area contributed by atoms with E-state index in [0.29, 0.717) is 17.4 Å². The predicted octanol–water partition coefficient (Wildman–Crippen LogP) is 5.23. The summed E-state index contributed by atoms with van der Waals surface area (Å²) in [6, 6.07) is 7.60. The van der Waals surface area contributed by atoms with Gasteiger partial charge >= 0.3 is 5.97 Å². The zero-order chi connectivity index (χ0) is 18.6. The summed E-state index contributed by atoms with van der Waals surface area (Å²) in [4.78, 5) is 20.3. The molecule has 0 radical (unpaired) electrons. The highest BCUT2D eigenvalue weighted by molar-refractivity contribution is 8.01. The Labute approximate surface area is 157 Å². The van der Waals surface area contributed by atoms with Crippen LogP contribution in [0.15, 0.2) is 29.4 Å². The number of nitrogens with zero attached hydrogens (tertiary/aromatic N) is 2. The maximum atomic E-state index is 11.6. The molecule has 2 aromatic rings. The molecule has 25 heavy (non-hydrogen) atoms. The summed E-state index contributed by atoms with van der Waals surface area (Å²) in [5, 5.41) is 13.4. The molecule has 0 saturated heterocycles. The fourth-order valence-electron chi connectivity index (χ4n) is 2.41. The van der Waals surface area contributed by atoms with Crippen LogP contribution in [0.3, 0.4) is 0 Å². The van der Waals surface area contributed by atoms with E-state index in [1.54, 1.807) is 13.0 Å². The van der Waals surface area contributed by atoms with Crippen molar-refractivity contribution in [3.63, 3.8) is 0 Å². The van der Waals surface area contributed by atoms with Crippen molar-refractivity contribution < 1.29 is 9.90 Å². The van der Waals surface area contributed by atoms with Gasteiger partial charge in [0.1, 0.15) is 15.7 Å². The van der Waals surface area contributed by atoms with Crippen molar-refractivity contribution in [3.05, 3.63) is 40.5 Å². The fourth-order valence-corrected chi connectivity index (χ4v) is 3.73. The first-order chi connectivity index (χ1) is 11.7. The number of nitrogens with one attached hydrogen (secondary N) is 1. The van der Waals surface area contributed by atoms with Crippen molar-refractivity contribution in [2.45, 2.75) is 50.4 Å². The molecule has 0 saturated carbocycles. The number of benzene rings is 1. The van der Waals surface area contributed by atoms with Crippen molar-refractivity contribution >= 4 is 40.8 Å². The van der Waals surface area contributed by atoms with Crippen molar-refractivity contribution in [1.82, 2.24) is 9.97 Å². The van der Waals surface area contributed by atoms with Gasteiger partial charge in [0.25, 0.3) is 0 Å². The molecule has 0 bridgehead atoms. The van der Waals surface area contributed by atoms with E-state index in [9.17, 15) is 9.90 Å². The van der Waals surface area contributed by atoms with Crippen molar-refractivity contribution in [2.24, 2.45) is 0 Å². The van der Waals surface area contributed by atoms with E-state index in [2.05, 4.69) is 15.3 Å². The quantitative estimate of drug-likeness (QED) is 0.390. The van der Waals surface area contributed by atoms with E-state index >= 15 is 0 Å². The highest BCUT2D eigenvalue weighted by Gasteiger charge is 2.34. The Morgan fingerprint density at radius 3 is 2.72 bits per heavy atom. The van der Waals surface area contributed by atoms with E-state index < -0.39 is 10.7 Å². The number of hydrogen-bond acceptors (Lipinski definition) is 5. The molecule has 0 fully saturated rings. The summed E-state index contributed by atoms with van der Waals surface area (Å²) >= 11 is 7.24. The van der Waals surface area contributed by atoms with Crippen LogP contribution in [0, 0.1) is 13.8 Å². The largest absolute Gasteiger partial charge is 0.480 e. The second-order valence-electron chi connectivity index (χ2n) is 6.12. The minimum Gasteiger partial charge on any atom is -0.480 e. The summed E-state index contributed by atoms with van der Waals surface area (Å²) < 4.78 is -0.990. The van der Waals surface area contributed by atoms with Gasteiger partial charge in [-0.3, -0.25) is 4.79 Å². The number of aryl methyl sites for hydroxylation is 1. The Balaban J connectivity index is 2.31. The van der Waals surface area contributed by atoms with Crippen LogP contribution in [-0.4, -0.2) is 25.8 Å². The topological polar surface area (TPSA) is 75.1 Å². The number of carboxylic acids is 1. The van der Waals surface area contributed by atoms with Gasteiger partial charge in [0.15, 0.2) is 5.16 Å². The normalized spacial score (nSPS) is 13.3. The van der Waals surface area contributed by atoms with Crippen LogP contribution in [0.1, 0.15) is 37.8 Å². The number of anilines is 2. The van der Waals surface area contributed by atoms with Gasteiger partial charge in [0.2, 0.25) is 0 Å². The average Bonchev–Trinajstić information content (AvgIpc) is 2.51. The third-order valence-corrected chi connectivity index (χ3v) is 5.43. The average molecular weight is 380 g/mol. The first kappa shape index (κ1) is 19.5. The lowest BCUT2D eigenvalue weighted by Crippen LogP contribution is -2.31. The van der Waals surface area contributed by atoms with Gasteiger partial charge in [-0.25, -0.2) is 9.97 Å². The number of thioether (sulfide) groups is 1. The van der Waals surface area contributed by atoms with Crippen LogP contribution >= 0.6 is 23.4 Å². The van der Waals surface area contributed by atoms with Crippen molar-refractivity contribution in [1.29, 1.82) is 0 Å². The van der Waals surface area contributed by atoms with Gasteiger partial charge in [0, 0.05) is 11.8 Å². The van der Waals surface area contributed by atoms with Crippen LogP contribution in [0.2, 0.25) is 5.15 Å². The minimum absolute atomic E-state index is 0.273. The highest BCUT2D eigenvalue weighted by atomic mass is 35.5. The van der Waals surface area contributed by atoms with Gasteiger partial charge in [-0.15, -0.1) is 0 Å². The lowest BCUT2D eigenvalue weighted by molar-refractivity contribution is -0.139. The smallest absolute Gasteiger partial charge is 0.319 e. The molecule has 1 aromatic carbocycles. The zero-order valence-corrected chi connectivity index (χ0v) is 16.3. The molecule has 1 unspecified atom stereocenters. The Morgan fingerprint density at radius 2 is 2.08 bits per heavy atom.